The van der Waals surface area contributed by atoms with Gasteiger partial charge in [0, 0.05) is 10.1 Å². The van der Waals surface area contributed by atoms with Crippen molar-refractivity contribution in [1.82, 2.24) is 5.32 Å². The highest BCUT2D eigenvalue weighted by atomic mass is 32.1. The number of amides is 1. The fourth-order valence-corrected chi connectivity index (χ4v) is 3.55. The molecule has 3 rings (SSSR count). The maximum absolute atomic E-state index is 13.9. The van der Waals surface area contributed by atoms with Crippen LogP contribution in [0.15, 0.2) is 42.5 Å². The second-order valence-electron chi connectivity index (χ2n) is 5.23. The SMILES string of the molecule is Cc1c(C(=O)NCCOc2ccc(F)cc2)sc2cccc(F)c12. The van der Waals surface area contributed by atoms with Crippen LogP contribution in [-0.2, 0) is 0 Å². The van der Waals surface area contributed by atoms with Gasteiger partial charge in [-0.05, 0) is 48.9 Å². The highest BCUT2D eigenvalue weighted by Gasteiger charge is 2.17. The third-order valence-electron chi connectivity index (χ3n) is 3.58. The highest BCUT2D eigenvalue weighted by molar-refractivity contribution is 7.21. The third-order valence-corrected chi connectivity index (χ3v) is 4.84. The van der Waals surface area contributed by atoms with Gasteiger partial charge >= 0.3 is 0 Å². The van der Waals surface area contributed by atoms with E-state index in [2.05, 4.69) is 5.32 Å². The first-order valence-electron chi connectivity index (χ1n) is 7.40. The number of nitrogens with one attached hydrogen (secondary N) is 1. The lowest BCUT2D eigenvalue weighted by atomic mass is 10.1. The summed E-state index contributed by atoms with van der Waals surface area (Å²) in [5.74, 6) is -0.371. The Bertz CT molecular complexity index is 875. The van der Waals surface area contributed by atoms with Crippen molar-refractivity contribution in [3.8, 4) is 5.75 Å². The van der Waals surface area contributed by atoms with Crippen LogP contribution in [0.1, 0.15) is 15.2 Å². The molecule has 2 aromatic carbocycles. The number of hydrogen-bond donors (Lipinski definition) is 1. The Morgan fingerprint density at radius 3 is 2.62 bits per heavy atom. The average molecular weight is 347 g/mol. The van der Waals surface area contributed by atoms with Gasteiger partial charge in [0.2, 0.25) is 0 Å². The van der Waals surface area contributed by atoms with Crippen molar-refractivity contribution >= 4 is 27.3 Å². The quantitative estimate of drug-likeness (QED) is 0.699. The van der Waals surface area contributed by atoms with Crippen LogP contribution in [0.3, 0.4) is 0 Å². The number of carbonyl (C=O) groups is 1. The van der Waals surface area contributed by atoms with Gasteiger partial charge in [-0.3, -0.25) is 4.79 Å². The molecule has 0 saturated carbocycles. The van der Waals surface area contributed by atoms with E-state index in [1.54, 1.807) is 19.1 Å². The van der Waals surface area contributed by atoms with Gasteiger partial charge in [0.05, 0.1) is 11.4 Å². The monoisotopic (exact) mass is 347 g/mol. The number of ether oxygens (including phenoxy) is 1. The van der Waals surface area contributed by atoms with Crippen molar-refractivity contribution in [3.63, 3.8) is 0 Å². The van der Waals surface area contributed by atoms with Gasteiger partial charge in [-0.15, -0.1) is 11.3 Å². The maximum Gasteiger partial charge on any atom is 0.261 e. The molecule has 3 nitrogen and oxygen atoms in total. The Morgan fingerprint density at radius 2 is 1.92 bits per heavy atom. The third kappa shape index (κ3) is 3.38. The molecule has 0 radical (unpaired) electrons. The van der Waals surface area contributed by atoms with Crippen molar-refractivity contribution in [2.75, 3.05) is 13.2 Å². The number of hydrogen-bond acceptors (Lipinski definition) is 3. The zero-order valence-corrected chi connectivity index (χ0v) is 13.8. The molecule has 0 fully saturated rings. The minimum atomic E-state index is -0.330. The maximum atomic E-state index is 13.9. The molecular weight excluding hydrogens is 332 g/mol. The first-order valence-corrected chi connectivity index (χ1v) is 8.22. The summed E-state index contributed by atoms with van der Waals surface area (Å²) in [5, 5.41) is 3.25. The summed E-state index contributed by atoms with van der Waals surface area (Å²) in [6.45, 7) is 2.30. The number of carbonyl (C=O) groups excluding carboxylic acids is 1. The predicted octanol–water partition coefficient (Wildman–Crippen LogP) is 4.30. The molecule has 0 spiro atoms. The van der Waals surface area contributed by atoms with Crippen molar-refractivity contribution < 1.29 is 18.3 Å². The van der Waals surface area contributed by atoms with Gasteiger partial charge in [0.25, 0.3) is 5.91 Å². The number of fused-ring (bicyclic) bond motifs is 1. The molecule has 6 heteroatoms. The van der Waals surface area contributed by atoms with E-state index in [0.717, 1.165) is 4.70 Å². The summed E-state index contributed by atoms with van der Waals surface area (Å²) >= 11 is 1.27. The Labute approximate surface area is 141 Å². The Morgan fingerprint density at radius 1 is 1.17 bits per heavy atom. The molecule has 24 heavy (non-hydrogen) atoms. The second kappa shape index (κ2) is 6.97. The predicted molar refractivity (Wildman–Crippen MR) is 90.7 cm³/mol. The fraction of sp³-hybridized carbons (Fsp3) is 0.167. The van der Waals surface area contributed by atoms with E-state index in [-0.39, 0.29) is 24.1 Å². The molecule has 1 aromatic heterocycles. The number of aryl methyl sites for hydroxylation is 1. The number of thiophene rings is 1. The zero-order chi connectivity index (χ0) is 17.1. The summed E-state index contributed by atoms with van der Waals surface area (Å²) in [6.07, 6.45) is 0. The molecule has 0 aliphatic carbocycles. The fourth-order valence-electron chi connectivity index (χ4n) is 2.41. The summed E-state index contributed by atoms with van der Waals surface area (Å²) < 4.78 is 32.8. The largest absolute Gasteiger partial charge is 0.492 e. The molecule has 3 aromatic rings. The second-order valence-corrected chi connectivity index (χ2v) is 6.28. The van der Waals surface area contributed by atoms with E-state index < -0.39 is 0 Å². The van der Waals surface area contributed by atoms with Crippen molar-refractivity contribution in [3.05, 3.63) is 64.5 Å². The first kappa shape index (κ1) is 16.4. The summed E-state index contributed by atoms with van der Waals surface area (Å²) in [5.41, 5.74) is 0.644. The van der Waals surface area contributed by atoms with Crippen molar-refractivity contribution in [2.24, 2.45) is 0 Å². The van der Waals surface area contributed by atoms with Gasteiger partial charge in [-0.2, -0.15) is 0 Å². The van der Waals surface area contributed by atoms with E-state index >= 15 is 0 Å². The van der Waals surface area contributed by atoms with E-state index in [9.17, 15) is 13.6 Å². The van der Waals surface area contributed by atoms with E-state index in [0.29, 0.717) is 28.1 Å². The van der Waals surface area contributed by atoms with E-state index in [1.165, 1.54) is 41.7 Å². The molecule has 0 aliphatic rings. The Kier molecular flexibility index (Phi) is 4.76. The first-order chi connectivity index (χ1) is 11.6. The van der Waals surface area contributed by atoms with Gasteiger partial charge in [0.15, 0.2) is 0 Å². The van der Waals surface area contributed by atoms with Gasteiger partial charge in [-0.1, -0.05) is 6.07 Å². The Hall–Kier alpha value is -2.47. The molecule has 0 unspecified atom stereocenters. The van der Waals surface area contributed by atoms with E-state index in [4.69, 9.17) is 4.74 Å². The summed E-state index contributed by atoms with van der Waals surface area (Å²) in [6, 6.07) is 10.5. The number of halogens is 2. The van der Waals surface area contributed by atoms with Gasteiger partial charge in [-0.25, -0.2) is 8.78 Å². The van der Waals surface area contributed by atoms with Crippen molar-refractivity contribution in [2.45, 2.75) is 6.92 Å². The lowest BCUT2D eigenvalue weighted by Gasteiger charge is -2.07. The molecule has 124 valence electrons. The standard InChI is InChI=1S/C18H15F2NO2S/c1-11-16-14(20)3-2-4-15(16)24-17(11)18(22)21-9-10-23-13-7-5-12(19)6-8-13/h2-8H,9-10H2,1H3,(H,21,22). The van der Waals surface area contributed by atoms with Crippen LogP contribution < -0.4 is 10.1 Å². The topological polar surface area (TPSA) is 38.3 Å². The number of benzene rings is 2. The summed E-state index contributed by atoms with van der Waals surface area (Å²) in [7, 11) is 0. The van der Waals surface area contributed by atoms with Gasteiger partial charge < -0.3 is 10.1 Å². The molecule has 0 aliphatic heterocycles. The van der Waals surface area contributed by atoms with Crippen molar-refractivity contribution in [1.29, 1.82) is 0 Å². The average Bonchev–Trinajstić information content (AvgIpc) is 2.91. The molecule has 1 heterocycles. The molecule has 0 bridgehead atoms. The molecule has 1 N–H and O–H groups in total. The van der Waals surface area contributed by atoms with Crippen LogP contribution in [0.4, 0.5) is 8.78 Å². The lowest BCUT2D eigenvalue weighted by molar-refractivity contribution is 0.0950. The van der Waals surface area contributed by atoms with Crippen LogP contribution in [-0.4, -0.2) is 19.1 Å². The van der Waals surface area contributed by atoms with Crippen LogP contribution in [0.25, 0.3) is 10.1 Å². The smallest absolute Gasteiger partial charge is 0.261 e. The summed E-state index contributed by atoms with van der Waals surface area (Å²) in [4.78, 5) is 12.8. The van der Waals surface area contributed by atoms with E-state index in [1.807, 2.05) is 0 Å². The molecular formula is C18H15F2NO2S. The normalized spacial score (nSPS) is 10.8. The van der Waals surface area contributed by atoms with Crippen LogP contribution in [0.5, 0.6) is 5.75 Å². The molecule has 1 amide bonds. The minimum absolute atomic E-state index is 0.254. The zero-order valence-electron chi connectivity index (χ0n) is 12.9. The molecule has 0 atom stereocenters. The minimum Gasteiger partial charge on any atom is -0.492 e. The Balaban J connectivity index is 1.60. The number of rotatable bonds is 5. The van der Waals surface area contributed by atoms with Crippen LogP contribution in [0.2, 0.25) is 0 Å². The molecule has 0 saturated heterocycles. The van der Waals surface area contributed by atoms with Gasteiger partial charge in [0.1, 0.15) is 24.0 Å². The highest BCUT2D eigenvalue weighted by Crippen LogP contribution is 2.32. The lowest BCUT2D eigenvalue weighted by Crippen LogP contribution is -2.27. The van der Waals surface area contributed by atoms with Crippen LogP contribution in [0, 0.1) is 18.6 Å². The van der Waals surface area contributed by atoms with Crippen LogP contribution >= 0.6 is 11.3 Å².